The van der Waals surface area contributed by atoms with E-state index in [0.717, 1.165) is 0 Å². The molecule has 0 aliphatic carbocycles. The molecule has 8 nitrogen and oxygen atoms in total. The summed E-state index contributed by atoms with van der Waals surface area (Å²) in [5.41, 5.74) is 0.638. The number of ether oxygens (including phenoxy) is 1. The highest BCUT2D eigenvalue weighted by atomic mass is 79.9. The van der Waals surface area contributed by atoms with E-state index in [-0.39, 0.29) is 34.3 Å². The van der Waals surface area contributed by atoms with Crippen molar-refractivity contribution in [3.63, 3.8) is 0 Å². The molecule has 29 heavy (non-hydrogen) atoms. The third-order valence-electron chi connectivity index (χ3n) is 4.47. The van der Waals surface area contributed by atoms with Crippen LogP contribution in [0.2, 0.25) is 0 Å². The predicted molar refractivity (Wildman–Crippen MR) is 110 cm³/mol. The van der Waals surface area contributed by atoms with Crippen molar-refractivity contribution in [2.24, 2.45) is 0 Å². The van der Waals surface area contributed by atoms with Crippen LogP contribution in [0.5, 0.6) is 0 Å². The third-order valence-corrected chi connectivity index (χ3v) is 5.26. The quantitative estimate of drug-likeness (QED) is 0.506. The van der Waals surface area contributed by atoms with Crippen molar-refractivity contribution < 1.29 is 18.3 Å². The fraction of sp³-hybridized carbons (Fsp3) is 0.412. The fourth-order valence-corrected chi connectivity index (χ4v) is 3.42. The van der Waals surface area contributed by atoms with Gasteiger partial charge in [-0.2, -0.15) is 0 Å². The van der Waals surface area contributed by atoms with E-state index in [2.05, 4.69) is 31.6 Å². The number of hydrogen-bond donors (Lipinski definition) is 1. The van der Waals surface area contributed by atoms with Gasteiger partial charge in [0.25, 0.3) is 5.17 Å². The lowest BCUT2D eigenvalue weighted by Crippen LogP contribution is -2.49. The smallest absolute Gasteiger partial charge is 0.256 e. The molecular weight excluding hydrogens is 470 g/mol. The molecule has 1 amide bonds. The predicted octanol–water partition coefficient (Wildman–Crippen LogP) is 1.61. The van der Waals surface area contributed by atoms with E-state index < -0.39 is 11.6 Å². The van der Waals surface area contributed by atoms with Crippen LogP contribution in [0.3, 0.4) is 0 Å². The number of nitrogens with one attached hydrogen (secondary N) is 1. The molecule has 1 fully saturated rings. The fourth-order valence-electron chi connectivity index (χ4n) is 2.99. The minimum atomic E-state index is -0.698. The number of alkyl halides is 1. The number of anilines is 1. The second-order valence-electron chi connectivity index (χ2n) is 6.26. The number of methoxy groups -OCH3 is 1. The van der Waals surface area contributed by atoms with Crippen molar-refractivity contribution in [3.05, 3.63) is 35.7 Å². The molecule has 0 atom stereocenters. The number of carbonyl (C=O) groups excluding carboxylic acids is 1. The molecule has 1 aliphatic rings. The molecule has 3 rings (SSSR count). The van der Waals surface area contributed by atoms with Gasteiger partial charge in [-0.25, -0.2) is 13.5 Å². The molecule has 2 heterocycles. The lowest BCUT2D eigenvalue weighted by Gasteiger charge is -2.36. The van der Waals surface area contributed by atoms with E-state index in [1.54, 1.807) is 16.0 Å². The molecule has 1 aromatic carbocycles. The summed E-state index contributed by atoms with van der Waals surface area (Å²) in [6.07, 6.45) is 1.55. The maximum atomic E-state index is 14.7. The van der Waals surface area contributed by atoms with E-state index >= 15 is 0 Å². The molecule has 0 bridgehead atoms. The number of benzene rings is 1. The number of hydrogen-bond acceptors (Lipinski definition) is 6. The van der Waals surface area contributed by atoms with E-state index in [1.807, 2.05) is 0 Å². The zero-order valence-corrected chi connectivity index (χ0v) is 18.0. The third kappa shape index (κ3) is 4.99. The number of amides is 1. The standard InChI is InChI=1S/C17H19BrF2N6O2S/c1-28-17(29)21-9-11-10-26(23-22-11)12-6-13(19)16(14(20)7-12)25-4-2-24(3-5-25)15(27)8-18/h6-7,10H,2-5,8-9H2,1H3,(H,21,29). The van der Waals surface area contributed by atoms with Crippen LogP contribution in [0.4, 0.5) is 14.5 Å². The second-order valence-corrected chi connectivity index (χ2v) is 7.19. The van der Waals surface area contributed by atoms with Crippen LogP contribution in [0.25, 0.3) is 5.69 Å². The second kappa shape index (κ2) is 9.44. The number of halogens is 3. The molecule has 156 valence electrons. The first kappa shape index (κ1) is 21.4. The zero-order chi connectivity index (χ0) is 21.0. The van der Waals surface area contributed by atoms with Crippen molar-refractivity contribution in [1.29, 1.82) is 0 Å². The van der Waals surface area contributed by atoms with Crippen LogP contribution in [0.1, 0.15) is 5.69 Å². The number of piperazine rings is 1. The van der Waals surface area contributed by atoms with Gasteiger partial charge in [0.15, 0.2) is 11.6 Å². The maximum Gasteiger partial charge on any atom is 0.256 e. The first-order chi connectivity index (χ1) is 13.9. The van der Waals surface area contributed by atoms with Gasteiger partial charge >= 0.3 is 0 Å². The van der Waals surface area contributed by atoms with Gasteiger partial charge in [0.1, 0.15) is 11.4 Å². The SMILES string of the molecule is COC(=S)NCc1cn(-c2cc(F)c(N3CCN(C(=O)CBr)CC3)c(F)c2)nn1. The molecule has 0 spiro atoms. The van der Waals surface area contributed by atoms with Crippen LogP contribution in [-0.4, -0.2) is 69.6 Å². The Morgan fingerprint density at radius 2 is 1.93 bits per heavy atom. The summed E-state index contributed by atoms with van der Waals surface area (Å²) in [5, 5.41) is 11.1. The van der Waals surface area contributed by atoms with E-state index in [4.69, 9.17) is 17.0 Å². The molecule has 1 N–H and O–H groups in total. The van der Waals surface area contributed by atoms with E-state index in [1.165, 1.54) is 23.9 Å². The van der Waals surface area contributed by atoms with Gasteiger partial charge in [-0.1, -0.05) is 21.1 Å². The lowest BCUT2D eigenvalue weighted by atomic mass is 10.2. The Morgan fingerprint density at radius 1 is 1.28 bits per heavy atom. The largest absolute Gasteiger partial charge is 0.474 e. The summed E-state index contributed by atoms with van der Waals surface area (Å²) in [6.45, 7) is 1.80. The van der Waals surface area contributed by atoms with Gasteiger partial charge < -0.3 is 19.9 Å². The molecular formula is C17H19BrF2N6O2S. The highest BCUT2D eigenvalue weighted by Gasteiger charge is 2.25. The van der Waals surface area contributed by atoms with Crippen molar-refractivity contribution in [1.82, 2.24) is 25.2 Å². The van der Waals surface area contributed by atoms with E-state index in [9.17, 15) is 13.6 Å². The first-order valence-electron chi connectivity index (χ1n) is 8.74. The monoisotopic (exact) mass is 488 g/mol. The molecule has 12 heteroatoms. The Bertz CT molecular complexity index is 881. The molecule has 1 aliphatic heterocycles. The molecule has 0 unspecified atom stereocenters. The Morgan fingerprint density at radius 3 is 2.52 bits per heavy atom. The van der Waals surface area contributed by atoms with Crippen LogP contribution in [-0.2, 0) is 16.1 Å². The van der Waals surface area contributed by atoms with Gasteiger partial charge in [-0.15, -0.1) is 5.10 Å². The van der Waals surface area contributed by atoms with Gasteiger partial charge in [0, 0.05) is 38.3 Å². The van der Waals surface area contributed by atoms with Gasteiger partial charge in [-0.3, -0.25) is 4.79 Å². The Kier molecular flexibility index (Phi) is 6.96. The number of thiocarbonyl (C=S) groups is 1. The summed E-state index contributed by atoms with van der Waals surface area (Å²) in [6, 6.07) is 2.42. The highest BCUT2D eigenvalue weighted by Crippen LogP contribution is 2.27. The summed E-state index contributed by atoms with van der Waals surface area (Å²) < 4.78 is 35.6. The van der Waals surface area contributed by atoms with E-state index in [0.29, 0.717) is 31.9 Å². The summed E-state index contributed by atoms with van der Waals surface area (Å²) in [5.74, 6) is -1.43. The highest BCUT2D eigenvalue weighted by molar-refractivity contribution is 9.09. The Hall–Kier alpha value is -2.34. The summed E-state index contributed by atoms with van der Waals surface area (Å²) in [7, 11) is 1.44. The number of carbonyl (C=O) groups is 1. The molecule has 1 aromatic heterocycles. The number of nitrogens with zero attached hydrogens (tertiary/aromatic N) is 5. The van der Waals surface area contributed by atoms with Crippen molar-refractivity contribution in [3.8, 4) is 5.69 Å². The van der Waals surface area contributed by atoms with Crippen LogP contribution < -0.4 is 10.2 Å². The van der Waals surface area contributed by atoms with Gasteiger partial charge in [0.2, 0.25) is 5.91 Å². The zero-order valence-electron chi connectivity index (χ0n) is 15.6. The van der Waals surface area contributed by atoms with Gasteiger partial charge in [-0.05, 0) is 12.2 Å². The lowest BCUT2D eigenvalue weighted by molar-refractivity contribution is -0.128. The topological polar surface area (TPSA) is 75.5 Å². The molecule has 2 aromatic rings. The van der Waals surface area contributed by atoms with Crippen molar-refractivity contribution in [2.75, 3.05) is 43.5 Å². The van der Waals surface area contributed by atoms with Crippen LogP contribution in [0, 0.1) is 11.6 Å². The maximum absolute atomic E-state index is 14.7. The summed E-state index contributed by atoms with van der Waals surface area (Å²) >= 11 is 8.01. The Labute approximate surface area is 179 Å². The molecule has 1 saturated heterocycles. The molecule has 0 saturated carbocycles. The average Bonchev–Trinajstić information content (AvgIpc) is 3.20. The van der Waals surface area contributed by atoms with Crippen molar-refractivity contribution in [2.45, 2.75) is 6.54 Å². The summed E-state index contributed by atoms with van der Waals surface area (Å²) in [4.78, 5) is 15.0. The van der Waals surface area contributed by atoms with Gasteiger partial charge in [0.05, 0.1) is 30.9 Å². The van der Waals surface area contributed by atoms with Crippen molar-refractivity contribution >= 4 is 44.9 Å². The van der Waals surface area contributed by atoms with Crippen LogP contribution >= 0.6 is 28.1 Å². The molecule has 0 radical (unpaired) electrons. The van der Waals surface area contributed by atoms with Crippen LogP contribution in [0.15, 0.2) is 18.3 Å². The number of aromatic nitrogens is 3. The minimum absolute atomic E-state index is 0.0383. The average molecular weight is 489 g/mol. The minimum Gasteiger partial charge on any atom is -0.474 e. The normalized spacial score (nSPS) is 14.1. The number of rotatable bonds is 5. The Balaban J connectivity index is 1.72. The first-order valence-corrected chi connectivity index (χ1v) is 10.3.